The molecule has 0 fully saturated rings. The zero-order chi connectivity index (χ0) is 28.9. The Morgan fingerprint density at radius 1 is 0.714 bits per heavy atom. The molecular formula is C36H34N3O2Pt-. The van der Waals surface area contributed by atoms with Gasteiger partial charge in [-0.3, -0.25) is 0 Å². The smallest absolute Gasteiger partial charge is 0.223 e. The summed E-state index contributed by atoms with van der Waals surface area (Å²) in [5, 5.41) is 12.9. The molecule has 216 valence electrons. The molecule has 42 heavy (non-hydrogen) atoms. The fourth-order valence-electron chi connectivity index (χ4n) is 5.10. The molecule has 5 nitrogen and oxygen atoms in total. The summed E-state index contributed by atoms with van der Waals surface area (Å²) in [5.74, 6) is 1.81. The fraction of sp³-hybridized carbons (Fsp3) is 0.222. The third-order valence-electron chi connectivity index (χ3n) is 7.43. The van der Waals surface area contributed by atoms with Gasteiger partial charge < -0.3 is 14.4 Å². The fourth-order valence-corrected chi connectivity index (χ4v) is 5.10. The molecule has 6 aromatic rings. The Kier molecular flexibility index (Phi) is 7.76. The number of nitrogens with zero attached hydrogens (tertiary/aromatic N) is 3. The minimum absolute atomic E-state index is 0. The van der Waals surface area contributed by atoms with Crippen molar-refractivity contribution in [2.75, 3.05) is 0 Å². The number of aromatic nitrogens is 3. The maximum atomic E-state index is 10.6. The number of phenols is 1. The Morgan fingerprint density at radius 2 is 1.33 bits per heavy atom. The molecule has 1 N–H and O–H groups in total. The Labute approximate surface area is 261 Å². The van der Waals surface area contributed by atoms with Crippen molar-refractivity contribution in [1.29, 1.82) is 0 Å². The Morgan fingerprint density at radius 3 is 2.05 bits per heavy atom. The minimum atomic E-state index is -0.162. The third-order valence-corrected chi connectivity index (χ3v) is 7.43. The minimum Gasteiger partial charge on any atom is -0.507 e. The first-order valence-electron chi connectivity index (χ1n) is 13.9. The van der Waals surface area contributed by atoms with Crippen LogP contribution in [0.25, 0.3) is 38.9 Å². The number of fused-ring (bicyclic) bond motifs is 3. The predicted molar refractivity (Wildman–Crippen MR) is 166 cm³/mol. The van der Waals surface area contributed by atoms with E-state index in [4.69, 9.17) is 14.7 Å². The van der Waals surface area contributed by atoms with E-state index < -0.39 is 0 Å². The van der Waals surface area contributed by atoms with Gasteiger partial charge in [-0.2, -0.15) is 29.2 Å². The van der Waals surface area contributed by atoms with Gasteiger partial charge in [-0.1, -0.05) is 77.4 Å². The Bertz CT molecular complexity index is 1860. The quantitative estimate of drug-likeness (QED) is 0.184. The molecule has 0 aliphatic heterocycles. The van der Waals surface area contributed by atoms with Gasteiger partial charge in [-0.15, -0.1) is 5.39 Å². The molecule has 0 radical (unpaired) electrons. The summed E-state index contributed by atoms with van der Waals surface area (Å²) in [5.41, 5.74) is 5.15. The van der Waals surface area contributed by atoms with Crippen molar-refractivity contribution < 1.29 is 30.9 Å². The number of phenolic OH excluding ortho intramolecular Hbond substituents is 1. The second-order valence-electron chi connectivity index (χ2n) is 12.5. The maximum absolute atomic E-state index is 10.6. The molecule has 0 unspecified atom stereocenters. The van der Waals surface area contributed by atoms with Crippen LogP contribution in [0.3, 0.4) is 0 Å². The van der Waals surface area contributed by atoms with Crippen LogP contribution in [0, 0.1) is 6.07 Å². The first-order valence-corrected chi connectivity index (χ1v) is 13.9. The van der Waals surface area contributed by atoms with Gasteiger partial charge in [0.05, 0.1) is 5.69 Å². The van der Waals surface area contributed by atoms with Crippen molar-refractivity contribution in [3.8, 4) is 34.6 Å². The second-order valence-corrected chi connectivity index (χ2v) is 12.5. The van der Waals surface area contributed by atoms with E-state index in [1.54, 1.807) is 12.1 Å². The number of para-hydroxylation sites is 3. The van der Waals surface area contributed by atoms with Crippen LogP contribution in [0.5, 0.6) is 17.5 Å². The van der Waals surface area contributed by atoms with Crippen molar-refractivity contribution in [1.82, 2.24) is 14.5 Å². The van der Waals surface area contributed by atoms with Gasteiger partial charge in [-0.25, -0.2) is 4.98 Å². The summed E-state index contributed by atoms with van der Waals surface area (Å²) < 4.78 is 8.64. The Balaban J connectivity index is 0.00000353. The van der Waals surface area contributed by atoms with Crippen molar-refractivity contribution >= 4 is 21.8 Å². The van der Waals surface area contributed by atoms with Crippen LogP contribution >= 0.6 is 0 Å². The van der Waals surface area contributed by atoms with E-state index in [0.29, 0.717) is 23.0 Å². The molecule has 3 aromatic carbocycles. The number of aromatic hydroxyl groups is 1. The van der Waals surface area contributed by atoms with Crippen molar-refractivity contribution in [2.45, 2.75) is 52.4 Å². The summed E-state index contributed by atoms with van der Waals surface area (Å²) in [4.78, 5) is 9.85. The van der Waals surface area contributed by atoms with Crippen LogP contribution in [0.4, 0.5) is 0 Å². The standard InChI is InChI=1S/C36H34N3O2.Pt/c1-35(2,3)23-19-28(27-15-9-12-18-31(27)40)37-33(21-23)41-34-22-24(36(4,5)6)20-32(38-34)39-29-16-10-7-13-25(29)26-14-8-11-17-30(26)39;/h7-16,18-22,40H,1-6H3;/q-1;. The Hall–Kier alpha value is -3.95. The molecular weight excluding hydrogens is 701 g/mol. The molecule has 0 saturated carbocycles. The van der Waals surface area contributed by atoms with Crippen LogP contribution in [-0.4, -0.2) is 19.6 Å². The summed E-state index contributed by atoms with van der Waals surface area (Å²) in [7, 11) is 0. The van der Waals surface area contributed by atoms with Crippen molar-refractivity contribution in [3.05, 3.63) is 108 Å². The number of hydrogen-bond donors (Lipinski definition) is 1. The van der Waals surface area contributed by atoms with Crippen LogP contribution < -0.4 is 4.74 Å². The van der Waals surface area contributed by atoms with Crippen LogP contribution in [-0.2, 0) is 31.9 Å². The van der Waals surface area contributed by atoms with Gasteiger partial charge in [0.15, 0.2) is 0 Å². The monoisotopic (exact) mass is 735 g/mol. The van der Waals surface area contributed by atoms with E-state index in [1.165, 1.54) is 0 Å². The molecule has 3 aromatic heterocycles. The molecule has 6 rings (SSSR count). The van der Waals surface area contributed by atoms with E-state index >= 15 is 0 Å². The number of benzene rings is 3. The van der Waals surface area contributed by atoms with Gasteiger partial charge >= 0.3 is 0 Å². The summed E-state index contributed by atoms with van der Waals surface area (Å²) in [6.07, 6.45) is 0. The average molecular weight is 736 g/mol. The first-order chi connectivity index (χ1) is 19.5. The zero-order valence-corrected chi connectivity index (χ0v) is 26.9. The van der Waals surface area contributed by atoms with Gasteiger partial charge in [0.25, 0.3) is 0 Å². The number of rotatable bonds is 4. The molecule has 0 saturated heterocycles. The largest absolute Gasteiger partial charge is 0.507 e. The first kappa shape index (κ1) is 29.5. The summed E-state index contributed by atoms with van der Waals surface area (Å²) in [6, 6.07) is 33.2. The molecule has 0 aliphatic rings. The van der Waals surface area contributed by atoms with Gasteiger partial charge in [0, 0.05) is 44.3 Å². The normalized spacial score (nSPS) is 12.0. The van der Waals surface area contributed by atoms with E-state index in [9.17, 15) is 5.11 Å². The van der Waals surface area contributed by atoms with Gasteiger partial charge in [-0.05, 0) is 57.7 Å². The number of hydrogen-bond acceptors (Lipinski definition) is 4. The molecule has 0 amide bonds. The predicted octanol–water partition coefficient (Wildman–Crippen LogP) is 9.13. The maximum Gasteiger partial charge on any atom is 0.223 e. The van der Waals surface area contributed by atoms with Crippen LogP contribution in [0.2, 0.25) is 0 Å². The van der Waals surface area contributed by atoms with Gasteiger partial charge in [0.2, 0.25) is 11.8 Å². The van der Waals surface area contributed by atoms with Crippen LogP contribution in [0.15, 0.2) is 91.0 Å². The average Bonchev–Trinajstić information content (AvgIpc) is 3.26. The van der Waals surface area contributed by atoms with E-state index in [-0.39, 0.29) is 37.6 Å². The van der Waals surface area contributed by atoms with Crippen molar-refractivity contribution in [3.63, 3.8) is 0 Å². The summed E-state index contributed by atoms with van der Waals surface area (Å²) >= 11 is 0. The van der Waals surface area contributed by atoms with E-state index in [1.807, 2.05) is 48.5 Å². The molecule has 0 spiro atoms. The van der Waals surface area contributed by atoms with Crippen LogP contribution in [0.1, 0.15) is 52.7 Å². The van der Waals surface area contributed by atoms with E-state index in [2.05, 4.69) is 82.5 Å². The number of ether oxygens (including phenoxy) is 1. The second kappa shape index (κ2) is 11.0. The molecule has 0 bridgehead atoms. The molecule has 6 heteroatoms. The SMILES string of the molecule is CC(C)(C)c1cc(Oc2cc(C(C)(C)C)cc(-n3c4[c-]cccc4c4ccccc43)n2)nc(-c2ccccc2O)c1.[Pt]. The van der Waals surface area contributed by atoms with Gasteiger partial charge in [0.1, 0.15) is 11.6 Å². The summed E-state index contributed by atoms with van der Waals surface area (Å²) in [6.45, 7) is 13.0. The molecule has 3 heterocycles. The topological polar surface area (TPSA) is 60.2 Å². The van der Waals surface area contributed by atoms with E-state index in [0.717, 1.165) is 38.8 Å². The zero-order valence-electron chi connectivity index (χ0n) is 24.7. The molecule has 0 atom stereocenters. The molecule has 0 aliphatic carbocycles. The third kappa shape index (κ3) is 5.58. The van der Waals surface area contributed by atoms with Crippen molar-refractivity contribution in [2.24, 2.45) is 0 Å². The number of pyridine rings is 2.